The van der Waals surface area contributed by atoms with Crippen LogP contribution in [-0.2, 0) is 0 Å². The minimum atomic E-state index is -1.57. The van der Waals surface area contributed by atoms with Gasteiger partial charge in [0, 0.05) is 31.1 Å². The van der Waals surface area contributed by atoms with Crippen LogP contribution < -0.4 is 20.8 Å². The third-order valence-corrected chi connectivity index (χ3v) is 6.78. The van der Waals surface area contributed by atoms with Crippen molar-refractivity contribution in [2.45, 2.75) is 31.8 Å². The van der Waals surface area contributed by atoms with E-state index in [0.717, 1.165) is 12.8 Å². The van der Waals surface area contributed by atoms with Gasteiger partial charge in [-0.05, 0) is 36.8 Å². The molecule has 4 atom stereocenters. The van der Waals surface area contributed by atoms with E-state index in [1.165, 1.54) is 6.20 Å². The Hall–Kier alpha value is -2.58. The van der Waals surface area contributed by atoms with Crippen LogP contribution in [0.2, 0.25) is 0 Å². The van der Waals surface area contributed by atoms with Gasteiger partial charge in [-0.1, -0.05) is 19.1 Å². The monoisotopic (exact) mass is 449 g/mol. The summed E-state index contributed by atoms with van der Waals surface area (Å²) in [5.41, 5.74) is 6.33. The molecule has 2 aliphatic carbocycles. The molecule has 1 aromatic carbocycles. The van der Waals surface area contributed by atoms with Crippen molar-refractivity contribution in [3.05, 3.63) is 46.5 Å². The Morgan fingerprint density at radius 2 is 1.94 bits per heavy atom. The fourth-order valence-electron chi connectivity index (χ4n) is 5.03. The SMILES string of the molecule is CC1C=CC(N)C2CN(c3ccc4c(=O)c(OC(=O)O)cn(C5CC5)c4c3F)CC12.Cl. The van der Waals surface area contributed by atoms with E-state index in [4.69, 9.17) is 10.8 Å². The third kappa shape index (κ3) is 3.57. The van der Waals surface area contributed by atoms with Gasteiger partial charge in [0.2, 0.25) is 5.43 Å². The minimum absolute atomic E-state index is 0. The van der Waals surface area contributed by atoms with Gasteiger partial charge in [0.15, 0.2) is 11.6 Å². The number of pyridine rings is 1. The maximum absolute atomic E-state index is 15.8. The molecule has 2 aromatic rings. The number of anilines is 1. The molecule has 3 aliphatic rings. The second-order valence-corrected chi connectivity index (χ2v) is 8.68. The number of ether oxygens (including phenoxy) is 1. The maximum Gasteiger partial charge on any atom is 0.511 e. The zero-order chi connectivity index (χ0) is 21.2. The summed E-state index contributed by atoms with van der Waals surface area (Å²) in [6.45, 7) is 3.53. The van der Waals surface area contributed by atoms with Gasteiger partial charge >= 0.3 is 6.16 Å². The molecule has 1 aromatic heterocycles. The van der Waals surface area contributed by atoms with Gasteiger partial charge in [0.05, 0.1) is 22.8 Å². The number of allylic oxidation sites excluding steroid dienone is 1. The first kappa shape index (κ1) is 21.6. The lowest BCUT2D eigenvalue weighted by atomic mass is 9.77. The Morgan fingerprint density at radius 3 is 2.58 bits per heavy atom. The van der Waals surface area contributed by atoms with E-state index < -0.39 is 17.4 Å². The largest absolute Gasteiger partial charge is 0.511 e. The lowest BCUT2D eigenvalue weighted by Crippen LogP contribution is -2.38. The maximum atomic E-state index is 15.8. The molecule has 0 bridgehead atoms. The number of carbonyl (C=O) groups is 1. The Kier molecular flexibility index (Phi) is 5.47. The highest BCUT2D eigenvalue weighted by Gasteiger charge is 2.41. The number of benzene rings is 1. The molecule has 9 heteroatoms. The zero-order valence-electron chi connectivity index (χ0n) is 17.0. The summed E-state index contributed by atoms with van der Waals surface area (Å²) in [5, 5.41) is 9.06. The highest BCUT2D eigenvalue weighted by molar-refractivity contribution is 5.86. The predicted octanol–water partition coefficient (Wildman–Crippen LogP) is 3.54. The Balaban J connectivity index is 0.00000231. The van der Waals surface area contributed by atoms with Crippen LogP contribution in [0.4, 0.5) is 14.9 Å². The van der Waals surface area contributed by atoms with Gasteiger partial charge in [-0.15, -0.1) is 12.4 Å². The van der Waals surface area contributed by atoms with Crippen molar-refractivity contribution in [1.29, 1.82) is 0 Å². The average Bonchev–Trinajstić information content (AvgIpc) is 3.44. The number of halogens is 2. The average molecular weight is 450 g/mol. The topological polar surface area (TPSA) is 97.8 Å². The van der Waals surface area contributed by atoms with E-state index >= 15 is 4.39 Å². The van der Waals surface area contributed by atoms with Gasteiger partial charge in [-0.2, -0.15) is 0 Å². The molecule has 4 unspecified atom stereocenters. The summed E-state index contributed by atoms with van der Waals surface area (Å²) in [4.78, 5) is 25.7. The molecule has 1 aliphatic heterocycles. The lowest BCUT2D eigenvalue weighted by Gasteiger charge is -2.30. The Morgan fingerprint density at radius 1 is 1.23 bits per heavy atom. The van der Waals surface area contributed by atoms with Crippen molar-refractivity contribution in [3.8, 4) is 5.75 Å². The van der Waals surface area contributed by atoms with Crippen LogP contribution in [0.1, 0.15) is 25.8 Å². The van der Waals surface area contributed by atoms with Crippen LogP contribution >= 0.6 is 12.4 Å². The van der Waals surface area contributed by atoms with E-state index in [0.29, 0.717) is 30.6 Å². The summed E-state index contributed by atoms with van der Waals surface area (Å²) >= 11 is 0. The van der Waals surface area contributed by atoms with Crippen molar-refractivity contribution < 1.29 is 19.0 Å². The lowest BCUT2D eigenvalue weighted by molar-refractivity contribution is 0.143. The Labute approximate surface area is 184 Å². The quantitative estimate of drug-likeness (QED) is 0.549. The predicted molar refractivity (Wildman–Crippen MR) is 118 cm³/mol. The number of nitrogens with two attached hydrogens (primary N) is 1. The molecule has 0 amide bonds. The fourth-order valence-corrected chi connectivity index (χ4v) is 5.03. The number of nitrogens with zero attached hydrogens (tertiary/aromatic N) is 2. The van der Waals surface area contributed by atoms with Crippen LogP contribution in [-0.4, -0.2) is 35.0 Å². The smallest absolute Gasteiger partial charge is 0.449 e. The molecule has 5 rings (SSSR count). The summed E-state index contributed by atoms with van der Waals surface area (Å²) in [6.07, 6.45) is 5.64. The van der Waals surface area contributed by atoms with Gasteiger partial charge in [-0.25, -0.2) is 9.18 Å². The molecule has 166 valence electrons. The summed E-state index contributed by atoms with van der Waals surface area (Å²) < 4.78 is 22.1. The van der Waals surface area contributed by atoms with Crippen molar-refractivity contribution in [3.63, 3.8) is 0 Å². The first-order chi connectivity index (χ1) is 14.3. The molecule has 31 heavy (non-hydrogen) atoms. The van der Waals surface area contributed by atoms with Crippen molar-refractivity contribution in [1.82, 2.24) is 4.57 Å². The highest BCUT2D eigenvalue weighted by Crippen LogP contribution is 2.42. The number of hydrogen-bond acceptors (Lipinski definition) is 5. The molecular weight excluding hydrogens is 425 g/mol. The van der Waals surface area contributed by atoms with Gasteiger partial charge in [0.1, 0.15) is 0 Å². The third-order valence-electron chi connectivity index (χ3n) is 6.78. The summed E-state index contributed by atoms with van der Waals surface area (Å²) in [6, 6.07) is 3.18. The second kappa shape index (κ2) is 7.84. The molecule has 2 heterocycles. The molecule has 0 spiro atoms. The minimum Gasteiger partial charge on any atom is -0.449 e. The normalized spacial score (nSPS) is 27.1. The van der Waals surface area contributed by atoms with Crippen LogP contribution in [0, 0.1) is 23.6 Å². The number of carboxylic acid groups (broad SMARTS) is 1. The van der Waals surface area contributed by atoms with Crippen LogP contribution in [0.25, 0.3) is 10.9 Å². The summed E-state index contributed by atoms with van der Waals surface area (Å²) in [5.74, 6) is 0.246. The molecule has 1 saturated carbocycles. The van der Waals surface area contributed by atoms with E-state index in [9.17, 15) is 9.59 Å². The molecule has 1 saturated heterocycles. The van der Waals surface area contributed by atoms with E-state index in [1.54, 1.807) is 16.7 Å². The molecule has 0 radical (unpaired) electrons. The standard InChI is InChI=1S/C22H24FN3O4.ClH/c1-11-2-6-16(24)15-9-25(8-14(11)15)17-7-5-13-20(19(17)23)26(12-3-4-12)10-18(21(13)27)30-22(28)29;/h2,5-7,10-12,14-16H,3-4,8-9,24H2,1H3,(H,28,29);1H. The van der Waals surface area contributed by atoms with Crippen molar-refractivity contribution in [2.75, 3.05) is 18.0 Å². The van der Waals surface area contributed by atoms with Crippen LogP contribution in [0.5, 0.6) is 5.75 Å². The van der Waals surface area contributed by atoms with Crippen molar-refractivity contribution >= 4 is 35.2 Å². The van der Waals surface area contributed by atoms with Gasteiger partial charge < -0.3 is 25.0 Å². The molecular formula is C22H25ClFN3O4. The second-order valence-electron chi connectivity index (χ2n) is 8.68. The Bertz CT molecular complexity index is 1110. The molecule has 3 N–H and O–H groups in total. The van der Waals surface area contributed by atoms with E-state index in [-0.39, 0.29) is 47.1 Å². The van der Waals surface area contributed by atoms with E-state index in [2.05, 4.69) is 17.7 Å². The fraction of sp³-hybridized carbons (Fsp3) is 0.455. The van der Waals surface area contributed by atoms with Crippen LogP contribution in [0.3, 0.4) is 0 Å². The van der Waals surface area contributed by atoms with Gasteiger partial charge in [-0.3, -0.25) is 4.79 Å². The molecule has 2 fully saturated rings. The summed E-state index contributed by atoms with van der Waals surface area (Å²) in [7, 11) is 0. The highest BCUT2D eigenvalue weighted by atomic mass is 35.5. The first-order valence-electron chi connectivity index (χ1n) is 10.3. The zero-order valence-corrected chi connectivity index (χ0v) is 17.8. The van der Waals surface area contributed by atoms with E-state index in [1.807, 2.05) is 11.0 Å². The number of fused-ring (bicyclic) bond motifs is 2. The molecule has 7 nitrogen and oxygen atoms in total. The van der Waals surface area contributed by atoms with Crippen LogP contribution in [0.15, 0.2) is 35.3 Å². The number of rotatable bonds is 3. The van der Waals surface area contributed by atoms with Crippen molar-refractivity contribution in [2.24, 2.45) is 23.5 Å². The number of aromatic nitrogens is 1. The van der Waals surface area contributed by atoms with Gasteiger partial charge in [0.25, 0.3) is 0 Å². The first-order valence-corrected chi connectivity index (χ1v) is 10.3. The number of hydrogen-bond donors (Lipinski definition) is 2.